The molecule has 0 aromatic carbocycles. The molecule has 1 aromatic heterocycles. The van der Waals surface area contributed by atoms with Crippen LogP contribution < -0.4 is 0 Å². The minimum absolute atomic E-state index is 0.289. The van der Waals surface area contributed by atoms with E-state index < -0.39 is 0 Å². The van der Waals surface area contributed by atoms with E-state index in [1.165, 1.54) is 4.88 Å². The molecule has 0 saturated carbocycles. The van der Waals surface area contributed by atoms with Gasteiger partial charge < -0.3 is 4.74 Å². The molecule has 0 spiro atoms. The van der Waals surface area contributed by atoms with Crippen molar-refractivity contribution in [2.24, 2.45) is 5.92 Å². The van der Waals surface area contributed by atoms with E-state index in [1.807, 2.05) is 6.07 Å². The van der Waals surface area contributed by atoms with Crippen molar-refractivity contribution in [3.63, 3.8) is 0 Å². The van der Waals surface area contributed by atoms with E-state index in [4.69, 9.17) is 16.3 Å². The zero-order valence-electron chi connectivity index (χ0n) is 7.87. The van der Waals surface area contributed by atoms with Gasteiger partial charge in [-0.25, -0.2) is 0 Å². The average molecular weight is 296 g/mol. The van der Waals surface area contributed by atoms with Crippen LogP contribution in [0.25, 0.3) is 0 Å². The molecule has 0 aliphatic carbocycles. The highest BCUT2D eigenvalue weighted by molar-refractivity contribution is 9.09. The first-order valence-electron chi connectivity index (χ1n) is 4.69. The average Bonchev–Trinajstić information content (AvgIpc) is 2.73. The van der Waals surface area contributed by atoms with E-state index in [2.05, 4.69) is 28.9 Å². The molecule has 78 valence electrons. The van der Waals surface area contributed by atoms with Crippen molar-refractivity contribution in [1.82, 2.24) is 0 Å². The fourth-order valence-electron chi connectivity index (χ4n) is 1.73. The number of ether oxygens (including phenoxy) is 1. The Labute approximate surface area is 102 Å². The van der Waals surface area contributed by atoms with Gasteiger partial charge in [0.05, 0.1) is 15.3 Å². The molecule has 1 saturated heterocycles. The van der Waals surface area contributed by atoms with E-state index in [1.54, 1.807) is 11.3 Å². The van der Waals surface area contributed by atoms with E-state index in [0.29, 0.717) is 12.0 Å². The maximum absolute atomic E-state index is 5.90. The lowest BCUT2D eigenvalue weighted by atomic mass is 10.0. The number of alkyl halides is 1. The fourth-order valence-corrected chi connectivity index (χ4v) is 3.91. The minimum atomic E-state index is 0.289. The van der Waals surface area contributed by atoms with Gasteiger partial charge in [0, 0.05) is 11.5 Å². The van der Waals surface area contributed by atoms with Gasteiger partial charge in [-0.1, -0.05) is 34.5 Å². The molecule has 0 radical (unpaired) electrons. The highest BCUT2D eigenvalue weighted by atomic mass is 79.9. The van der Waals surface area contributed by atoms with Crippen molar-refractivity contribution in [3.05, 3.63) is 21.3 Å². The molecule has 3 unspecified atom stereocenters. The molecule has 3 atom stereocenters. The Morgan fingerprint density at radius 3 is 2.93 bits per heavy atom. The summed E-state index contributed by atoms with van der Waals surface area (Å²) in [6.45, 7) is 3.12. The quantitative estimate of drug-likeness (QED) is 0.741. The highest BCUT2D eigenvalue weighted by Crippen LogP contribution is 2.40. The van der Waals surface area contributed by atoms with Crippen LogP contribution in [0.4, 0.5) is 0 Å². The van der Waals surface area contributed by atoms with Crippen molar-refractivity contribution in [3.8, 4) is 0 Å². The topological polar surface area (TPSA) is 9.23 Å². The Balaban J connectivity index is 2.11. The summed E-state index contributed by atoms with van der Waals surface area (Å²) in [5, 5.41) is 0. The molecule has 0 N–H and O–H groups in total. The molecular weight excluding hydrogens is 284 g/mol. The number of hydrogen-bond acceptors (Lipinski definition) is 2. The molecule has 14 heavy (non-hydrogen) atoms. The van der Waals surface area contributed by atoms with Crippen LogP contribution in [0.1, 0.15) is 23.0 Å². The van der Waals surface area contributed by atoms with Crippen LogP contribution >= 0.6 is 38.9 Å². The standard InChI is InChI=1S/C10H12BrClOS/c1-6-4-5-13-10(6)9(11)7-2-3-8(12)14-7/h2-3,6,9-10H,4-5H2,1H3. The summed E-state index contributed by atoms with van der Waals surface area (Å²) in [5.41, 5.74) is 0. The van der Waals surface area contributed by atoms with Crippen LogP contribution in [0.15, 0.2) is 12.1 Å². The van der Waals surface area contributed by atoms with Gasteiger partial charge in [0.15, 0.2) is 0 Å². The van der Waals surface area contributed by atoms with E-state index in [0.717, 1.165) is 17.4 Å². The molecule has 2 rings (SSSR count). The normalized spacial score (nSPS) is 29.4. The minimum Gasteiger partial charge on any atom is -0.376 e. The predicted octanol–water partition coefficient (Wildman–Crippen LogP) is 4.26. The summed E-state index contributed by atoms with van der Waals surface area (Å²) in [4.78, 5) is 1.55. The molecule has 0 amide bonds. The maximum atomic E-state index is 5.90. The number of hydrogen-bond donors (Lipinski definition) is 0. The first kappa shape index (κ1) is 10.9. The summed E-state index contributed by atoms with van der Waals surface area (Å²) in [6.07, 6.45) is 1.45. The third kappa shape index (κ3) is 2.16. The van der Waals surface area contributed by atoms with E-state index in [-0.39, 0.29) is 4.83 Å². The Morgan fingerprint density at radius 2 is 2.43 bits per heavy atom. The smallest absolute Gasteiger partial charge is 0.0931 e. The van der Waals surface area contributed by atoms with Crippen LogP contribution in [0.3, 0.4) is 0 Å². The van der Waals surface area contributed by atoms with Gasteiger partial charge in [-0.2, -0.15) is 0 Å². The molecule has 2 heterocycles. The van der Waals surface area contributed by atoms with Gasteiger partial charge in [-0.15, -0.1) is 11.3 Å². The molecule has 4 heteroatoms. The van der Waals surface area contributed by atoms with Crippen molar-refractivity contribution < 1.29 is 4.74 Å². The molecule has 1 nitrogen and oxygen atoms in total. The third-order valence-electron chi connectivity index (χ3n) is 2.60. The lowest BCUT2D eigenvalue weighted by Gasteiger charge is -2.19. The monoisotopic (exact) mass is 294 g/mol. The Kier molecular flexibility index (Phi) is 3.53. The zero-order valence-corrected chi connectivity index (χ0v) is 11.0. The largest absolute Gasteiger partial charge is 0.376 e. The van der Waals surface area contributed by atoms with E-state index in [9.17, 15) is 0 Å². The van der Waals surface area contributed by atoms with Crippen LogP contribution in [-0.2, 0) is 4.74 Å². The first-order chi connectivity index (χ1) is 6.68. The summed E-state index contributed by atoms with van der Waals surface area (Å²) in [7, 11) is 0. The predicted molar refractivity (Wildman–Crippen MR) is 64.5 cm³/mol. The fraction of sp³-hybridized carbons (Fsp3) is 0.600. The number of thiophene rings is 1. The number of halogens is 2. The second-order valence-electron chi connectivity index (χ2n) is 3.65. The van der Waals surface area contributed by atoms with Crippen molar-refractivity contribution >= 4 is 38.9 Å². The second-order valence-corrected chi connectivity index (χ2v) is 6.38. The molecule has 1 fully saturated rings. The van der Waals surface area contributed by atoms with Crippen molar-refractivity contribution in [2.75, 3.05) is 6.61 Å². The maximum Gasteiger partial charge on any atom is 0.0931 e. The molecule has 1 aromatic rings. The molecule has 1 aliphatic heterocycles. The summed E-state index contributed by atoms with van der Waals surface area (Å²) < 4.78 is 6.55. The highest BCUT2D eigenvalue weighted by Gasteiger charge is 2.32. The van der Waals surface area contributed by atoms with Gasteiger partial charge in [0.1, 0.15) is 0 Å². The van der Waals surface area contributed by atoms with Gasteiger partial charge in [0.25, 0.3) is 0 Å². The number of rotatable bonds is 2. The second kappa shape index (κ2) is 4.52. The first-order valence-corrected chi connectivity index (χ1v) is 6.80. The zero-order chi connectivity index (χ0) is 10.1. The van der Waals surface area contributed by atoms with Crippen LogP contribution in [0.2, 0.25) is 4.34 Å². The van der Waals surface area contributed by atoms with Gasteiger partial charge in [0.2, 0.25) is 0 Å². The van der Waals surface area contributed by atoms with Gasteiger partial charge in [-0.3, -0.25) is 0 Å². The SMILES string of the molecule is CC1CCOC1C(Br)c1ccc(Cl)s1. The van der Waals surface area contributed by atoms with Crippen LogP contribution in [0.5, 0.6) is 0 Å². The summed E-state index contributed by atoms with van der Waals surface area (Å²) in [5.74, 6) is 0.625. The Hall–Kier alpha value is 0.430. The van der Waals surface area contributed by atoms with Crippen LogP contribution in [0, 0.1) is 5.92 Å². The van der Waals surface area contributed by atoms with Gasteiger partial charge >= 0.3 is 0 Å². The summed E-state index contributed by atoms with van der Waals surface area (Å²) in [6, 6.07) is 4.01. The van der Waals surface area contributed by atoms with Crippen molar-refractivity contribution in [1.29, 1.82) is 0 Å². The summed E-state index contributed by atoms with van der Waals surface area (Å²) >= 11 is 11.2. The lowest BCUT2D eigenvalue weighted by Crippen LogP contribution is -2.18. The lowest BCUT2D eigenvalue weighted by molar-refractivity contribution is 0.0941. The van der Waals surface area contributed by atoms with Crippen molar-refractivity contribution in [2.45, 2.75) is 24.3 Å². The van der Waals surface area contributed by atoms with E-state index >= 15 is 0 Å². The molecule has 1 aliphatic rings. The third-order valence-corrected chi connectivity index (χ3v) is 5.23. The molecule has 0 bridgehead atoms. The van der Waals surface area contributed by atoms with Crippen LogP contribution in [-0.4, -0.2) is 12.7 Å². The van der Waals surface area contributed by atoms with Gasteiger partial charge in [-0.05, 0) is 24.5 Å². The Bertz CT molecular complexity index is 315. The Morgan fingerprint density at radius 1 is 1.64 bits per heavy atom. The molecular formula is C10H12BrClOS.